The molecule has 0 bridgehead atoms. The molecule has 0 amide bonds. The van der Waals surface area contributed by atoms with Gasteiger partial charge in [-0.25, -0.2) is 0 Å². The highest BCUT2D eigenvalue weighted by atomic mass is 16.5. The number of aryl methyl sites for hydroxylation is 2. The van der Waals surface area contributed by atoms with Gasteiger partial charge >= 0.3 is 0 Å². The lowest BCUT2D eigenvalue weighted by Gasteiger charge is -2.49. The molecule has 1 heterocycles. The zero-order valence-corrected chi connectivity index (χ0v) is 18.0. The Balaban J connectivity index is 1.48. The number of methoxy groups -OCH3 is 1. The normalized spacial score (nSPS) is 34.6. The molecule has 4 heteroatoms. The van der Waals surface area contributed by atoms with E-state index in [1.807, 2.05) is 17.9 Å². The first-order chi connectivity index (χ1) is 13.9. The number of fused-ring (bicyclic) bond motifs is 5. The minimum absolute atomic E-state index is 0.00686. The van der Waals surface area contributed by atoms with Crippen LogP contribution >= 0.6 is 0 Å². The van der Waals surface area contributed by atoms with Crippen molar-refractivity contribution in [3.63, 3.8) is 0 Å². The molecule has 0 spiro atoms. The highest BCUT2D eigenvalue weighted by Gasteiger charge is 2.56. The second-order valence-electron chi connectivity index (χ2n) is 9.66. The first-order valence-electron chi connectivity index (χ1n) is 11.0. The predicted octanol–water partition coefficient (Wildman–Crippen LogP) is 4.65. The van der Waals surface area contributed by atoms with Crippen LogP contribution in [0.1, 0.15) is 60.9 Å². The van der Waals surface area contributed by atoms with Crippen LogP contribution in [-0.2, 0) is 13.5 Å². The molecule has 3 aliphatic carbocycles. The average Bonchev–Trinajstić information content (AvgIpc) is 3.18. The Morgan fingerprint density at radius 1 is 1.31 bits per heavy atom. The molecule has 4 nitrogen and oxygen atoms in total. The predicted molar refractivity (Wildman–Crippen MR) is 115 cm³/mol. The molecule has 154 valence electrons. The first kappa shape index (κ1) is 18.9. The fourth-order valence-corrected chi connectivity index (χ4v) is 6.54. The van der Waals surface area contributed by atoms with E-state index in [1.165, 1.54) is 29.5 Å². The van der Waals surface area contributed by atoms with Crippen molar-refractivity contribution in [1.82, 2.24) is 9.78 Å². The third-order valence-corrected chi connectivity index (χ3v) is 8.42. The molecule has 3 aliphatic rings. The van der Waals surface area contributed by atoms with Crippen LogP contribution in [0.3, 0.4) is 0 Å². The molecule has 1 aromatic heterocycles. The topological polar surface area (TPSA) is 47.3 Å². The number of aliphatic hydroxyl groups excluding tert-OH is 1. The van der Waals surface area contributed by atoms with Gasteiger partial charge < -0.3 is 9.84 Å². The Hall–Kier alpha value is -2.07. The minimum Gasteiger partial charge on any atom is -0.497 e. The molecule has 0 saturated heterocycles. The van der Waals surface area contributed by atoms with E-state index in [0.29, 0.717) is 17.8 Å². The molecular formula is C25H32N2O2. The Morgan fingerprint density at radius 3 is 2.86 bits per heavy atom. The fourth-order valence-electron chi connectivity index (χ4n) is 6.54. The minimum atomic E-state index is -0.342. The lowest BCUT2D eigenvalue weighted by molar-refractivity contribution is -0.0158. The van der Waals surface area contributed by atoms with Crippen LogP contribution in [-0.4, -0.2) is 28.1 Å². The summed E-state index contributed by atoms with van der Waals surface area (Å²) in [5, 5.41) is 15.7. The van der Waals surface area contributed by atoms with Crippen molar-refractivity contribution in [3.05, 3.63) is 52.4 Å². The third kappa shape index (κ3) is 2.79. The zero-order valence-electron chi connectivity index (χ0n) is 18.0. The molecule has 1 N–H and O–H groups in total. The molecule has 2 aromatic rings. The quantitative estimate of drug-likeness (QED) is 0.809. The second kappa shape index (κ2) is 6.73. The van der Waals surface area contributed by atoms with E-state index in [1.54, 1.807) is 7.11 Å². The molecule has 0 unspecified atom stereocenters. The number of hydrogen-bond acceptors (Lipinski definition) is 3. The van der Waals surface area contributed by atoms with Gasteiger partial charge in [-0.2, -0.15) is 5.10 Å². The average molecular weight is 393 g/mol. The molecule has 5 rings (SSSR count). The Kier molecular flexibility index (Phi) is 4.39. The molecule has 1 aromatic carbocycles. The lowest BCUT2D eigenvalue weighted by atomic mass is 9.55. The van der Waals surface area contributed by atoms with Gasteiger partial charge in [0.05, 0.1) is 19.4 Å². The van der Waals surface area contributed by atoms with Gasteiger partial charge in [-0.15, -0.1) is 0 Å². The van der Waals surface area contributed by atoms with E-state index in [9.17, 15) is 5.11 Å². The van der Waals surface area contributed by atoms with Crippen molar-refractivity contribution in [2.24, 2.45) is 24.3 Å². The molecule has 5 atom stereocenters. The number of ether oxygens (including phenoxy) is 1. The summed E-state index contributed by atoms with van der Waals surface area (Å²) in [6, 6.07) is 6.66. The van der Waals surface area contributed by atoms with E-state index in [0.717, 1.165) is 36.3 Å². The number of benzene rings is 1. The van der Waals surface area contributed by atoms with Crippen molar-refractivity contribution < 1.29 is 9.84 Å². The van der Waals surface area contributed by atoms with E-state index >= 15 is 0 Å². The maximum absolute atomic E-state index is 11.3. The third-order valence-electron chi connectivity index (χ3n) is 8.42. The molecule has 2 saturated carbocycles. The van der Waals surface area contributed by atoms with Gasteiger partial charge in [-0.05, 0) is 91.7 Å². The number of hydrogen-bond donors (Lipinski definition) is 1. The smallest absolute Gasteiger partial charge is 0.119 e. The van der Waals surface area contributed by atoms with Crippen molar-refractivity contribution >= 4 is 6.08 Å². The van der Waals surface area contributed by atoms with Crippen LogP contribution in [0.4, 0.5) is 0 Å². The van der Waals surface area contributed by atoms with Gasteiger partial charge in [0.25, 0.3) is 0 Å². The van der Waals surface area contributed by atoms with Crippen molar-refractivity contribution in [2.45, 2.75) is 58.0 Å². The van der Waals surface area contributed by atoms with Gasteiger partial charge in [0, 0.05) is 23.7 Å². The number of nitrogens with zero attached hydrogens (tertiary/aromatic N) is 2. The first-order valence-corrected chi connectivity index (χ1v) is 11.0. The van der Waals surface area contributed by atoms with Crippen LogP contribution in [0.15, 0.2) is 30.0 Å². The maximum atomic E-state index is 11.3. The summed E-state index contributed by atoms with van der Waals surface area (Å²) in [5.74, 6) is 2.80. The Morgan fingerprint density at radius 2 is 2.14 bits per heavy atom. The molecule has 0 aliphatic heterocycles. The second-order valence-corrected chi connectivity index (χ2v) is 9.66. The van der Waals surface area contributed by atoms with Crippen LogP contribution < -0.4 is 4.74 Å². The van der Waals surface area contributed by atoms with Crippen LogP contribution in [0.25, 0.3) is 6.08 Å². The number of rotatable bonds is 2. The summed E-state index contributed by atoms with van der Waals surface area (Å²) in [6.45, 7) is 4.43. The van der Waals surface area contributed by atoms with E-state index in [2.05, 4.69) is 43.2 Å². The van der Waals surface area contributed by atoms with E-state index < -0.39 is 0 Å². The lowest BCUT2D eigenvalue weighted by Crippen LogP contribution is -2.44. The van der Waals surface area contributed by atoms with Crippen LogP contribution in [0.5, 0.6) is 5.75 Å². The summed E-state index contributed by atoms with van der Waals surface area (Å²) >= 11 is 0. The SMILES string of the molecule is COc1ccc2c(c1)CC[C@@H]1[C@@H]2CC[C@]2(C)[C@@H](O)/C(=C/c3cnn(C)c3C)C[C@@H]12. The maximum Gasteiger partial charge on any atom is 0.119 e. The van der Waals surface area contributed by atoms with Crippen molar-refractivity contribution in [2.75, 3.05) is 7.11 Å². The Labute approximate surface area is 173 Å². The van der Waals surface area contributed by atoms with Crippen LogP contribution in [0, 0.1) is 24.2 Å². The van der Waals surface area contributed by atoms with E-state index in [-0.39, 0.29) is 11.5 Å². The summed E-state index contributed by atoms with van der Waals surface area (Å²) in [5.41, 5.74) is 6.49. The standard InChI is InChI=1S/C25H32N2O2/c1-15-18(14-26-27(15)3)11-17-13-23-22-7-5-16-12-19(29-4)6-8-20(16)21(22)9-10-25(23,2)24(17)28/h6,8,11-12,14,21-24,28H,5,7,9-10,13H2,1-4H3/b17-11+/t21-,22-,23+,24+,25+/m1/s1. The molecule has 29 heavy (non-hydrogen) atoms. The highest BCUT2D eigenvalue weighted by Crippen LogP contribution is 2.62. The van der Waals surface area contributed by atoms with Crippen LogP contribution in [0.2, 0.25) is 0 Å². The largest absolute Gasteiger partial charge is 0.497 e. The molecule has 0 radical (unpaired) electrons. The molecule has 2 fully saturated rings. The monoisotopic (exact) mass is 392 g/mol. The summed E-state index contributed by atoms with van der Waals surface area (Å²) < 4.78 is 7.36. The summed E-state index contributed by atoms with van der Waals surface area (Å²) in [7, 11) is 3.72. The van der Waals surface area contributed by atoms with Gasteiger partial charge in [0.15, 0.2) is 0 Å². The van der Waals surface area contributed by atoms with Gasteiger partial charge in [-0.1, -0.05) is 13.0 Å². The summed E-state index contributed by atoms with van der Waals surface area (Å²) in [6.07, 6.45) is 9.42. The fraction of sp³-hybridized carbons (Fsp3) is 0.560. The molecular weight excluding hydrogens is 360 g/mol. The van der Waals surface area contributed by atoms with Gasteiger partial charge in [0.1, 0.15) is 5.75 Å². The van der Waals surface area contributed by atoms with Crippen molar-refractivity contribution in [1.29, 1.82) is 0 Å². The number of aliphatic hydroxyl groups is 1. The zero-order chi connectivity index (χ0) is 20.3. The van der Waals surface area contributed by atoms with Crippen molar-refractivity contribution in [3.8, 4) is 5.75 Å². The number of aromatic nitrogens is 2. The Bertz CT molecular complexity index is 975. The highest BCUT2D eigenvalue weighted by molar-refractivity contribution is 5.57. The van der Waals surface area contributed by atoms with E-state index in [4.69, 9.17) is 4.74 Å². The summed E-state index contributed by atoms with van der Waals surface area (Å²) in [4.78, 5) is 0. The van der Waals surface area contributed by atoms with Gasteiger partial charge in [-0.3, -0.25) is 4.68 Å². The van der Waals surface area contributed by atoms with Gasteiger partial charge in [0.2, 0.25) is 0 Å².